The smallest absolute Gasteiger partial charge is 0.414 e. The Labute approximate surface area is 167 Å². The van der Waals surface area contributed by atoms with Crippen molar-refractivity contribution < 1.29 is 22.9 Å². The highest BCUT2D eigenvalue weighted by Crippen LogP contribution is 2.47. The van der Waals surface area contributed by atoms with Gasteiger partial charge in [0, 0.05) is 49.4 Å². The van der Waals surface area contributed by atoms with Gasteiger partial charge in [-0.25, -0.2) is 13.6 Å². The minimum absolute atomic E-state index is 0.0941. The van der Waals surface area contributed by atoms with Crippen molar-refractivity contribution in [3.8, 4) is 0 Å². The average molecular weight is 421 g/mol. The number of ether oxygens (including phenoxy) is 1. The number of cyclic esters (lactones) is 1. The Balaban J connectivity index is 1.53. The largest absolute Gasteiger partial charge is 0.443 e. The molecule has 2 aliphatic rings. The minimum Gasteiger partial charge on any atom is -0.443 e. The number of hydrogen-bond donors (Lipinski definition) is 1. The Bertz CT molecular complexity index is 938. The second kappa shape index (κ2) is 7.76. The van der Waals surface area contributed by atoms with E-state index in [1.807, 2.05) is 30.3 Å². The molecule has 2 heterocycles. The van der Waals surface area contributed by atoms with Crippen molar-refractivity contribution >= 4 is 29.9 Å². The Hall–Kier alpha value is -2.44. The van der Waals surface area contributed by atoms with Gasteiger partial charge in [0.25, 0.3) is 0 Å². The lowest BCUT2D eigenvalue weighted by Gasteiger charge is -2.34. The summed E-state index contributed by atoms with van der Waals surface area (Å²) in [6.45, 7) is 0.874. The first-order valence-corrected chi connectivity index (χ1v) is 11.5. The third-order valence-electron chi connectivity index (χ3n) is 5.46. The van der Waals surface area contributed by atoms with Crippen LogP contribution in [0.4, 0.5) is 25.0 Å². The number of halogens is 2. The third kappa shape index (κ3) is 3.74. The van der Waals surface area contributed by atoms with E-state index in [0.717, 1.165) is 17.4 Å². The van der Waals surface area contributed by atoms with E-state index in [1.54, 1.807) is 4.90 Å². The zero-order valence-corrected chi connectivity index (χ0v) is 16.7. The summed E-state index contributed by atoms with van der Waals surface area (Å²) in [6.07, 6.45) is -0.459. The van der Waals surface area contributed by atoms with Crippen molar-refractivity contribution in [3.05, 3.63) is 54.1 Å². The van der Waals surface area contributed by atoms with Crippen LogP contribution in [0.5, 0.6) is 0 Å². The van der Waals surface area contributed by atoms with Gasteiger partial charge < -0.3 is 19.9 Å². The summed E-state index contributed by atoms with van der Waals surface area (Å²) in [5.41, 5.74) is 5.44. The van der Waals surface area contributed by atoms with E-state index in [4.69, 9.17) is 10.5 Å². The van der Waals surface area contributed by atoms with E-state index < -0.39 is 31.0 Å². The number of carbonyl (C=O) groups is 1. The molecular weight excluding hydrogens is 399 g/mol. The molecule has 1 amide bonds. The second-order valence-electron chi connectivity index (χ2n) is 7.27. The van der Waals surface area contributed by atoms with E-state index in [2.05, 4.69) is 0 Å². The molecule has 9 heteroatoms. The summed E-state index contributed by atoms with van der Waals surface area (Å²) in [5.74, 6) is -1.53. The predicted molar refractivity (Wildman–Crippen MR) is 109 cm³/mol. The van der Waals surface area contributed by atoms with Crippen LogP contribution in [0.15, 0.2) is 42.5 Å². The van der Waals surface area contributed by atoms with Gasteiger partial charge in [-0.2, -0.15) is 0 Å². The van der Waals surface area contributed by atoms with Gasteiger partial charge in [-0.1, -0.05) is 30.3 Å². The van der Waals surface area contributed by atoms with E-state index in [-0.39, 0.29) is 24.5 Å². The fourth-order valence-electron chi connectivity index (χ4n) is 3.83. The Kier molecular flexibility index (Phi) is 5.32. The molecule has 2 saturated heterocycles. The fraction of sp³-hybridized carbons (Fsp3) is 0.350. The maximum Gasteiger partial charge on any atom is 0.414 e. The molecular formula is C20H22F2N3O3P. The fourth-order valence-corrected chi connectivity index (χ4v) is 6.42. The molecule has 0 radical (unpaired) electrons. The van der Waals surface area contributed by atoms with Crippen molar-refractivity contribution in [3.63, 3.8) is 0 Å². The summed E-state index contributed by atoms with van der Waals surface area (Å²) in [6, 6.07) is 11.5. The summed E-state index contributed by atoms with van der Waals surface area (Å²) >= 11 is 0. The number of nitrogens with two attached hydrogens (primary N) is 1. The number of amides is 1. The molecule has 0 aliphatic carbocycles. The molecule has 4 rings (SSSR count). The predicted octanol–water partition coefficient (Wildman–Crippen LogP) is 2.76. The minimum atomic E-state index is -2.57. The highest BCUT2D eigenvalue weighted by molar-refractivity contribution is 7.71. The molecule has 29 heavy (non-hydrogen) atoms. The van der Waals surface area contributed by atoms with Gasteiger partial charge in [-0.05, 0) is 0 Å². The molecule has 6 nitrogen and oxygen atoms in total. The number of benzene rings is 2. The first-order chi connectivity index (χ1) is 13.9. The Morgan fingerprint density at radius 1 is 1.10 bits per heavy atom. The van der Waals surface area contributed by atoms with Gasteiger partial charge in [0.1, 0.15) is 18.9 Å². The summed E-state index contributed by atoms with van der Waals surface area (Å²) < 4.78 is 47.9. The van der Waals surface area contributed by atoms with Crippen LogP contribution < -0.4 is 20.8 Å². The SMILES string of the molecule is NCC1CN(c2cc(F)c(N3CCP(=O)(c4ccccc4)CC3)c(F)c2)C(=O)O1. The Morgan fingerprint density at radius 3 is 2.28 bits per heavy atom. The monoisotopic (exact) mass is 421 g/mol. The van der Waals surface area contributed by atoms with Crippen LogP contribution in [0, 0.1) is 11.6 Å². The number of anilines is 2. The van der Waals surface area contributed by atoms with E-state index >= 15 is 0 Å². The van der Waals surface area contributed by atoms with Crippen LogP contribution in [0.3, 0.4) is 0 Å². The maximum atomic E-state index is 14.8. The summed E-state index contributed by atoms with van der Waals surface area (Å²) in [5, 5.41) is 0.804. The summed E-state index contributed by atoms with van der Waals surface area (Å²) in [7, 11) is -2.57. The van der Waals surface area contributed by atoms with E-state index in [9.17, 15) is 18.1 Å². The lowest BCUT2D eigenvalue weighted by atomic mass is 10.2. The van der Waals surface area contributed by atoms with Gasteiger partial charge >= 0.3 is 6.09 Å². The van der Waals surface area contributed by atoms with Gasteiger partial charge in [-0.3, -0.25) is 4.90 Å². The van der Waals surface area contributed by atoms with Crippen molar-refractivity contribution in [2.24, 2.45) is 5.73 Å². The zero-order chi connectivity index (χ0) is 20.6. The normalized spacial score (nSPS) is 21.3. The number of nitrogens with zero attached hydrogens (tertiary/aromatic N) is 2. The molecule has 2 aromatic rings. The lowest BCUT2D eigenvalue weighted by Crippen LogP contribution is -2.38. The molecule has 2 N–H and O–H groups in total. The Morgan fingerprint density at radius 2 is 1.72 bits per heavy atom. The third-order valence-corrected chi connectivity index (χ3v) is 8.54. The molecule has 0 bridgehead atoms. The molecule has 2 fully saturated rings. The van der Waals surface area contributed by atoms with Crippen LogP contribution >= 0.6 is 7.14 Å². The quantitative estimate of drug-likeness (QED) is 0.769. The average Bonchev–Trinajstić information content (AvgIpc) is 3.10. The van der Waals surface area contributed by atoms with Crippen LogP contribution in [0.1, 0.15) is 0 Å². The highest BCUT2D eigenvalue weighted by atomic mass is 31.2. The van der Waals surface area contributed by atoms with E-state index in [0.29, 0.717) is 25.4 Å². The highest BCUT2D eigenvalue weighted by Gasteiger charge is 2.35. The lowest BCUT2D eigenvalue weighted by molar-refractivity contribution is 0.145. The number of carbonyl (C=O) groups excluding carboxylic acids is 1. The number of hydrogen-bond acceptors (Lipinski definition) is 5. The molecule has 0 aromatic heterocycles. The van der Waals surface area contributed by atoms with Crippen LogP contribution in [0.2, 0.25) is 0 Å². The molecule has 154 valence electrons. The molecule has 0 spiro atoms. The maximum absolute atomic E-state index is 14.8. The van der Waals surface area contributed by atoms with Gasteiger partial charge in [0.15, 0.2) is 11.6 Å². The first kappa shape index (κ1) is 19.9. The topological polar surface area (TPSA) is 75.9 Å². The van der Waals surface area contributed by atoms with Crippen molar-refractivity contribution in [1.82, 2.24) is 0 Å². The van der Waals surface area contributed by atoms with Crippen molar-refractivity contribution in [1.29, 1.82) is 0 Å². The molecule has 0 saturated carbocycles. The van der Waals surface area contributed by atoms with Gasteiger partial charge in [0.2, 0.25) is 0 Å². The molecule has 2 aliphatic heterocycles. The summed E-state index contributed by atoms with van der Waals surface area (Å²) in [4.78, 5) is 14.7. The van der Waals surface area contributed by atoms with Gasteiger partial charge in [0.05, 0.1) is 12.2 Å². The zero-order valence-electron chi connectivity index (χ0n) is 15.8. The second-order valence-corrected chi connectivity index (χ2v) is 10.5. The van der Waals surface area contributed by atoms with Crippen molar-refractivity contribution in [2.75, 3.05) is 48.3 Å². The van der Waals surface area contributed by atoms with Crippen LogP contribution in [0.25, 0.3) is 0 Å². The van der Waals surface area contributed by atoms with Crippen LogP contribution in [-0.4, -0.2) is 50.7 Å². The first-order valence-electron chi connectivity index (χ1n) is 9.47. The number of rotatable bonds is 4. The molecule has 2 aromatic carbocycles. The van der Waals surface area contributed by atoms with E-state index in [1.165, 1.54) is 4.90 Å². The van der Waals surface area contributed by atoms with Crippen molar-refractivity contribution in [2.45, 2.75) is 6.10 Å². The van der Waals surface area contributed by atoms with Crippen LogP contribution in [-0.2, 0) is 9.30 Å². The molecule has 1 atom stereocenters. The molecule has 1 unspecified atom stereocenters. The van der Waals surface area contributed by atoms with Gasteiger partial charge in [-0.15, -0.1) is 0 Å². The standard InChI is InChI=1S/C20H22F2N3O3P/c21-17-10-14(25-13-15(12-23)28-20(25)26)11-18(22)19(17)24-6-8-29(27,9-7-24)16-4-2-1-3-5-16/h1-5,10-11,15H,6-9,12-13,23H2.